The van der Waals surface area contributed by atoms with Crippen LogP contribution in [0.2, 0.25) is 0 Å². The fourth-order valence-electron chi connectivity index (χ4n) is 1.62. The molecule has 1 nitrogen and oxygen atoms in total. The number of halogens is 1. The Labute approximate surface area is 82.9 Å². The lowest BCUT2D eigenvalue weighted by Gasteiger charge is -1.99. The summed E-state index contributed by atoms with van der Waals surface area (Å²) in [4.78, 5) is 0. The quantitative estimate of drug-likeness (QED) is 0.613. The van der Waals surface area contributed by atoms with E-state index in [1.165, 1.54) is 22.2 Å². The molecule has 0 aliphatic rings. The van der Waals surface area contributed by atoms with Crippen LogP contribution in [0, 0.1) is 6.92 Å². The van der Waals surface area contributed by atoms with Crippen LogP contribution in [-0.2, 0) is 12.9 Å². The van der Waals surface area contributed by atoms with Gasteiger partial charge in [0.15, 0.2) is 0 Å². The van der Waals surface area contributed by atoms with E-state index in [1.807, 2.05) is 0 Å². The summed E-state index contributed by atoms with van der Waals surface area (Å²) in [6.07, 6.45) is 0. The molecule has 1 aromatic heterocycles. The zero-order valence-electron chi connectivity index (χ0n) is 7.84. The predicted molar refractivity (Wildman–Crippen MR) is 57.2 cm³/mol. The number of aryl methyl sites for hydroxylation is 2. The average Bonchev–Trinajstić information content (AvgIpc) is 2.42. The summed E-state index contributed by atoms with van der Waals surface area (Å²) < 4.78 is 2.19. The van der Waals surface area contributed by atoms with Crippen molar-refractivity contribution in [2.24, 2.45) is 7.05 Å². The molecular weight excluding hydrogens is 182 g/mol. The Morgan fingerprint density at radius 3 is 2.77 bits per heavy atom. The van der Waals surface area contributed by atoms with Gasteiger partial charge in [-0.3, -0.25) is 0 Å². The average molecular weight is 194 g/mol. The summed E-state index contributed by atoms with van der Waals surface area (Å²) in [5.41, 5.74) is 3.73. The van der Waals surface area contributed by atoms with E-state index >= 15 is 0 Å². The molecule has 0 aliphatic carbocycles. The highest BCUT2D eigenvalue weighted by molar-refractivity contribution is 6.17. The maximum atomic E-state index is 5.77. The minimum Gasteiger partial charge on any atom is -0.348 e. The lowest BCUT2D eigenvalue weighted by atomic mass is 10.2. The maximum Gasteiger partial charge on any atom is 0.0479 e. The summed E-state index contributed by atoms with van der Waals surface area (Å²) >= 11 is 5.77. The highest BCUT2D eigenvalue weighted by Gasteiger charge is 2.01. The second-order valence-corrected chi connectivity index (χ2v) is 3.64. The highest BCUT2D eigenvalue weighted by Crippen LogP contribution is 2.20. The van der Waals surface area contributed by atoms with Crippen LogP contribution in [0.1, 0.15) is 11.3 Å². The standard InChI is InChI=1S/C11H12ClN/c1-8-5-10-6-9(7-12)3-4-11(10)13(8)2/h3-6H,7H2,1-2H3. The van der Waals surface area contributed by atoms with Crippen molar-refractivity contribution in [1.29, 1.82) is 0 Å². The molecule has 0 saturated heterocycles. The van der Waals surface area contributed by atoms with E-state index in [2.05, 4.69) is 42.8 Å². The van der Waals surface area contributed by atoms with Gasteiger partial charge < -0.3 is 4.57 Å². The zero-order chi connectivity index (χ0) is 9.42. The molecule has 0 spiro atoms. The Balaban J connectivity index is 2.73. The first-order valence-electron chi connectivity index (χ1n) is 4.33. The van der Waals surface area contributed by atoms with E-state index < -0.39 is 0 Å². The van der Waals surface area contributed by atoms with Gasteiger partial charge in [0.05, 0.1) is 0 Å². The normalized spacial score (nSPS) is 11.0. The van der Waals surface area contributed by atoms with Gasteiger partial charge in [-0.15, -0.1) is 11.6 Å². The molecule has 0 radical (unpaired) electrons. The lowest BCUT2D eigenvalue weighted by molar-refractivity contribution is 0.918. The minimum absolute atomic E-state index is 0.587. The first-order valence-corrected chi connectivity index (χ1v) is 4.87. The van der Waals surface area contributed by atoms with Gasteiger partial charge in [-0.25, -0.2) is 0 Å². The Bertz CT molecular complexity index is 443. The molecule has 2 rings (SSSR count). The van der Waals surface area contributed by atoms with Gasteiger partial charge in [0, 0.05) is 29.5 Å². The van der Waals surface area contributed by atoms with Gasteiger partial charge in [0.25, 0.3) is 0 Å². The Hall–Kier alpha value is -0.950. The topological polar surface area (TPSA) is 4.93 Å². The number of fused-ring (bicyclic) bond motifs is 1. The van der Waals surface area contributed by atoms with E-state index in [1.54, 1.807) is 0 Å². The first kappa shape index (κ1) is 8.64. The van der Waals surface area contributed by atoms with Crippen molar-refractivity contribution in [2.75, 3.05) is 0 Å². The molecule has 2 heteroatoms. The molecule has 0 saturated carbocycles. The van der Waals surface area contributed by atoms with Crippen LogP contribution in [-0.4, -0.2) is 4.57 Å². The third-order valence-corrected chi connectivity index (χ3v) is 2.81. The molecule has 1 heterocycles. The van der Waals surface area contributed by atoms with Crippen molar-refractivity contribution in [3.8, 4) is 0 Å². The first-order chi connectivity index (χ1) is 6.22. The van der Waals surface area contributed by atoms with E-state index in [9.17, 15) is 0 Å². The van der Waals surface area contributed by atoms with Crippen molar-refractivity contribution in [1.82, 2.24) is 4.57 Å². The number of aromatic nitrogens is 1. The van der Waals surface area contributed by atoms with Gasteiger partial charge in [0.1, 0.15) is 0 Å². The third kappa shape index (κ3) is 1.33. The minimum atomic E-state index is 0.587. The number of rotatable bonds is 1. The molecule has 0 atom stereocenters. The van der Waals surface area contributed by atoms with E-state index in [0.717, 1.165) is 0 Å². The summed E-state index contributed by atoms with van der Waals surface area (Å²) in [5, 5.41) is 1.28. The molecule has 1 aromatic carbocycles. The van der Waals surface area contributed by atoms with Crippen LogP contribution in [0.4, 0.5) is 0 Å². The van der Waals surface area contributed by atoms with E-state index in [4.69, 9.17) is 11.6 Å². The van der Waals surface area contributed by atoms with Crippen molar-refractivity contribution in [3.05, 3.63) is 35.5 Å². The molecule has 0 N–H and O–H groups in total. The molecule has 2 aromatic rings. The molecule has 0 fully saturated rings. The van der Waals surface area contributed by atoms with Crippen LogP contribution in [0.25, 0.3) is 10.9 Å². The van der Waals surface area contributed by atoms with Crippen LogP contribution in [0.15, 0.2) is 24.3 Å². The lowest BCUT2D eigenvalue weighted by Crippen LogP contribution is -1.88. The number of hydrogen-bond donors (Lipinski definition) is 0. The molecule has 68 valence electrons. The predicted octanol–water partition coefficient (Wildman–Crippen LogP) is 3.23. The van der Waals surface area contributed by atoms with E-state index in [0.29, 0.717) is 5.88 Å². The largest absolute Gasteiger partial charge is 0.348 e. The van der Waals surface area contributed by atoms with Gasteiger partial charge in [-0.2, -0.15) is 0 Å². The summed E-state index contributed by atoms with van der Waals surface area (Å²) in [7, 11) is 2.08. The smallest absolute Gasteiger partial charge is 0.0479 e. The molecule has 13 heavy (non-hydrogen) atoms. The fraction of sp³-hybridized carbons (Fsp3) is 0.273. The Kier molecular flexibility index (Phi) is 2.04. The maximum absolute atomic E-state index is 5.77. The Morgan fingerprint density at radius 1 is 1.31 bits per heavy atom. The molecule has 0 unspecified atom stereocenters. The van der Waals surface area contributed by atoms with Crippen LogP contribution < -0.4 is 0 Å². The van der Waals surface area contributed by atoms with Crippen molar-refractivity contribution in [2.45, 2.75) is 12.8 Å². The zero-order valence-corrected chi connectivity index (χ0v) is 8.60. The van der Waals surface area contributed by atoms with E-state index in [-0.39, 0.29) is 0 Å². The molecule has 0 aliphatic heterocycles. The summed E-state index contributed by atoms with van der Waals surface area (Å²) in [5.74, 6) is 0.587. The highest BCUT2D eigenvalue weighted by atomic mass is 35.5. The van der Waals surface area contributed by atoms with Crippen molar-refractivity contribution < 1.29 is 0 Å². The van der Waals surface area contributed by atoms with Gasteiger partial charge in [0.2, 0.25) is 0 Å². The molecule has 0 bridgehead atoms. The molecular formula is C11H12ClN. The monoisotopic (exact) mass is 193 g/mol. The second kappa shape index (κ2) is 3.08. The third-order valence-electron chi connectivity index (χ3n) is 2.50. The summed E-state index contributed by atoms with van der Waals surface area (Å²) in [6.45, 7) is 2.11. The second-order valence-electron chi connectivity index (χ2n) is 3.37. The van der Waals surface area contributed by atoms with Crippen LogP contribution >= 0.6 is 11.6 Å². The number of hydrogen-bond acceptors (Lipinski definition) is 0. The Morgan fingerprint density at radius 2 is 2.08 bits per heavy atom. The van der Waals surface area contributed by atoms with Gasteiger partial charge in [-0.05, 0) is 30.7 Å². The van der Waals surface area contributed by atoms with Crippen molar-refractivity contribution >= 4 is 22.5 Å². The van der Waals surface area contributed by atoms with Crippen LogP contribution in [0.3, 0.4) is 0 Å². The molecule has 0 amide bonds. The summed E-state index contributed by atoms with van der Waals surface area (Å²) in [6, 6.07) is 8.54. The number of alkyl halides is 1. The van der Waals surface area contributed by atoms with Gasteiger partial charge in [-0.1, -0.05) is 6.07 Å². The van der Waals surface area contributed by atoms with Crippen LogP contribution in [0.5, 0.6) is 0 Å². The SMILES string of the molecule is Cc1cc2cc(CCl)ccc2n1C. The number of benzene rings is 1. The fourth-order valence-corrected chi connectivity index (χ4v) is 1.79. The van der Waals surface area contributed by atoms with Gasteiger partial charge >= 0.3 is 0 Å². The number of nitrogens with zero attached hydrogens (tertiary/aromatic N) is 1. The van der Waals surface area contributed by atoms with Crippen molar-refractivity contribution in [3.63, 3.8) is 0 Å².